The summed E-state index contributed by atoms with van der Waals surface area (Å²) in [5.74, 6) is -0.445. The van der Waals surface area contributed by atoms with Crippen LogP contribution >= 0.6 is 0 Å². The molecule has 1 saturated heterocycles. The minimum atomic E-state index is -4.71. The normalized spacial score (nSPS) is 20.0. The van der Waals surface area contributed by atoms with Gasteiger partial charge in [-0.25, -0.2) is 0 Å². The fraction of sp³-hybridized carbons (Fsp3) is 0.562. The number of halogens is 3. The molecule has 2 rings (SSSR count). The molecule has 1 aromatic rings. The van der Waals surface area contributed by atoms with Crippen LogP contribution in [0.15, 0.2) is 24.3 Å². The second kappa shape index (κ2) is 7.85. The molecule has 0 radical (unpaired) electrons. The summed E-state index contributed by atoms with van der Waals surface area (Å²) in [5.41, 5.74) is 0.635. The van der Waals surface area contributed by atoms with Crippen molar-refractivity contribution in [3.05, 3.63) is 29.8 Å². The van der Waals surface area contributed by atoms with Gasteiger partial charge in [0.15, 0.2) is 0 Å². The van der Waals surface area contributed by atoms with Crippen molar-refractivity contribution in [1.82, 2.24) is 15.1 Å². The van der Waals surface area contributed by atoms with Crippen molar-refractivity contribution in [2.24, 2.45) is 0 Å². The quantitative estimate of drug-likeness (QED) is 0.878. The first kappa shape index (κ1) is 18.5. The predicted molar refractivity (Wildman–Crippen MR) is 83.8 cm³/mol. The molecule has 0 saturated carbocycles. The van der Waals surface area contributed by atoms with Gasteiger partial charge < -0.3 is 15.0 Å². The zero-order valence-electron chi connectivity index (χ0n) is 13.8. The Morgan fingerprint density at radius 1 is 1.25 bits per heavy atom. The zero-order chi connectivity index (χ0) is 17.7. The van der Waals surface area contributed by atoms with Crippen LogP contribution in [0.4, 0.5) is 13.2 Å². The van der Waals surface area contributed by atoms with E-state index in [1.807, 2.05) is 14.1 Å². The summed E-state index contributed by atoms with van der Waals surface area (Å²) in [6.45, 7) is 3.40. The molecule has 0 aliphatic carbocycles. The lowest BCUT2D eigenvalue weighted by molar-refractivity contribution is -0.274. The lowest BCUT2D eigenvalue weighted by Crippen LogP contribution is -2.54. The Morgan fingerprint density at radius 2 is 1.92 bits per heavy atom. The van der Waals surface area contributed by atoms with E-state index in [9.17, 15) is 18.0 Å². The summed E-state index contributed by atoms with van der Waals surface area (Å²) in [4.78, 5) is 16.4. The third-order valence-corrected chi connectivity index (χ3v) is 4.04. The average molecular weight is 345 g/mol. The highest BCUT2D eigenvalue weighted by Gasteiger charge is 2.31. The number of amides is 1. The van der Waals surface area contributed by atoms with Crippen LogP contribution in [0.5, 0.6) is 5.75 Å². The Kier molecular flexibility index (Phi) is 6.06. The van der Waals surface area contributed by atoms with E-state index >= 15 is 0 Å². The first-order chi connectivity index (χ1) is 11.2. The van der Waals surface area contributed by atoms with E-state index in [-0.39, 0.29) is 24.1 Å². The van der Waals surface area contributed by atoms with Crippen LogP contribution in [0.3, 0.4) is 0 Å². The van der Waals surface area contributed by atoms with Crippen LogP contribution in [0.25, 0.3) is 0 Å². The van der Waals surface area contributed by atoms with Crippen molar-refractivity contribution in [2.75, 3.05) is 40.3 Å². The van der Waals surface area contributed by atoms with Gasteiger partial charge in [0.2, 0.25) is 5.91 Å². The Morgan fingerprint density at radius 3 is 2.54 bits per heavy atom. The van der Waals surface area contributed by atoms with Gasteiger partial charge in [0.1, 0.15) is 5.75 Å². The molecule has 1 aliphatic rings. The molecule has 0 aromatic heterocycles. The Labute approximate surface area is 139 Å². The number of hydrogen-bond acceptors (Lipinski definition) is 4. The van der Waals surface area contributed by atoms with Crippen molar-refractivity contribution in [3.8, 4) is 5.75 Å². The summed E-state index contributed by atoms with van der Waals surface area (Å²) in [7, 11) is 4.08. The van der Waals surface area contributed by atoms with Gasteiger partial charge in [-0.2, -0.15) is 0 Å². The molecular weight excluding hydrogens is 323 g/mol. The van der Waals surface area contributed by atoms with Gasteiger partial charge in [-0.15, -0.1) is 13.2 Å². The maximum absolute atomic E-state index is 12.1. The number of nitrogens with one attached hydrogen (secondary N) is 1. The summed E-state index contributed by atoms with van der Waals surface area (Å²) >= 11 is 0. The second-order valence-corrected chi connectivity index (χ2v) is 6.07. The number of hydrogen-bond donors (Lipinski definition) is 1. The van der Waals surface area contributed by atoms with Crippen LogP contribution in [-0.2, 0) is 11.2 Å². The molecule has 5 nitrogen and oxygen atoms in total. The van der Waals surface area contributed by atoms with E-state index in [1.54, 1.807) is 0 Å². The molecule has 0 spiro atoms. The number of piperazine rings is 1. The van der Waals surface area contributed by atoms with E-state index in [4.69, 9.17) is 0 Å². The molecule has 134 valence electrons. The number of likely N-dealkylation sites (N-methyl/N-ethyl adjacent to an activating group) is 2. The summed E-state index contributed by atoms with van der Waals surface area (Å²) in [6.07, 6.45) is -4.59. The molecule has 8 heteroatoms. The third kappa shape index (κ3) is 6.01. The number of rotatable bonds is 5. The maximum atomic E-state index is 12.1. The van der Waals surface area contributed by atoms with Gasteiger partial charge in [-0.1, -0.05) is 12.1 Å². The van der Waals surface area contributed by atoms with Crippen LogP contribution in [0.2, 0.25) is 0 Å². The van der Waals surface area contributed by atoms with Gasteiger partial charge in [-0.05, 0) is 31.8 Å². The number of nitrogens with zero attached hydrogens (tertiary/aromatic N) is 2. The summed E-state index contributed by atoms with van der Waals surface area (Å²) in [5, 5.41) is 2.89. The van der Waals surface area contributed by atoms with Gasteiger partial charge in [0.25, 0.3) is 0 Å². The largest absolute Gasteiger partial charge is 0.573 e. The van der Waals surface area contributed by atoms with E-state index in [0.717, 1.165) is 19.6 Å². The molecule has 24 heavy (non-hydrogen) atoms. The number of ether oxygens (including phenoxy) is 1. The van der Waals surface area contributed by atoms with Crippen LogP contribution in [0.1, 0.15) is 5.56 Å². The molecular formula is C16H22F3N3O2. The standard InChI is InChI=1S/C16H22F3N3O2/c1-21-7-8-22(2)13(11-21)10-20-15(23)9-12-3-5-14(6-4-12)24-16(17,18)19/h3-6,13H,7-11H2,1-2H3,(H,20,23)/t13-/m0/s1. The summed E-state index contributed by atoms with van der Waals surface area (Å²) in [6, 6.07) is 5.60. The average Bonchev–Trinajstić information content (AvgIpc) is 2.49. The topological polar surface area (TPSA) is 44.8 Å². The lowest BCUT2D eigenvalue weighted by atomic mass is 10.1. The zero-order valence-corrected chi connectivity index (χ0v) is 13.8. The molecule has 0 unspecified atom stereocenters. The van der Waals surface area contributed by atoms with Gasteiger partial charge >= 0.3 is 6.36 Å². The number of carbonyl (C=O) groups is 1. The van der Waals surface area contributed by atoms with Crippen LogP contribution < -0.4 is 10.1 Å². The van der Waals surface area contributed by atoms with Crippen molar-refractivity contribution in [3.63, 3.8) is 0 Å². The molecule has 1 amide bonds. The van der Waals surface area contributed by atoms with Gasteiger partial charge in [0, 0.05) is 32.2 Å². The lowest BCUT2D eigenvalue weighted by Gasteiger charge is -2.37. The van der Waals surface area contributed by atoms with Crippen LogP contribution in [0, 0.1) is 0 Å². The fourth-order valence-corrected chi connectivity index (χ4v) is 2.61. The van der Waals surface area contributed by atoms with Gasteiger partial charge in [0.05, 0.1) is 6.42 Å². The number of carbonyl (C=O) groups excluding carboxylic acids is 1. The van der Waals surface area contributed by atoms with Crippen LogP contribution in [-0.4, -0.2) is 68.4 Å². The highest BCUT2D eigenvalue weighted by Crippen LogP contribution is 2.22. The molecule has 1 aliphatic heterocycles. The van der Waals surface area contributed by atoms with Gasteiger partial charge in [-0.3, -0.25) is 9.69 Å². The smallest absolute Gasteiger partial charge is 0.406 e. The van der Waals surface area contributed by atoms with E-state index < -0.39 is 6.36 Å². The highest BCUT2D eigenvalue weighted by molar-refractivity contribution is 5.78. The van der Waals surface area contributed by atoms with E-state index in [2.05, 4.69) is 19.9 Å². The highest BCUT2D eigenvalue weighted by atomic mass is 19.4. The molecule has 1 heterocycles. The first-order valence-corrected chi connectivity index (χ1v) is 7.73. The third-order valence-electron chi connectivity index (χ3n) is 4.04. The van der Waals surface area contributed by atoms with Crippen molar-refractivity contribution < 1.29 is 22.7 Å². The minimum Gasteiger partial charge on any atom is -0.406 e. The van der Waals surface area contributed by atoms with Crippen molar-refractivity contribution in [1.29, 1.82) is 0 Å². The Balaban J connectivity index is 1.79. The summed E-state index contributed by atoms with van der Waals surface area (Å²) < 4.78 is 40.1. The fourth-order valence-electron chi connectivity index (χ4n) is 2.61. The minimum absolute atomic E-state index is 0.124. The molecule has 1 atom stereocenters. The molecule has 1 aromatic carbocycles. The molecule has 1 N–H and O–H groups in total. The molecule has 0 bridgehead atoms. The van der Waals surface area contributed by atoms with E-state index in [0.29, 0.717) is 12.1 Å². The predicted octanol–water partition coefficient (Wildman–Crippen LogP) is 1.49. The van der Waals surface area contributed by atoms with Crippen molar-refractivity contribution in [2.45, 2.75) is 18.8 Å². The molecule has 1 fully saturated rings. The first-order valence-electron chi connectivity index (χ1n) is 7.73. The maximum Gasteiger partial charge on any atom is 0.573 e. The van der Waals surface area contributed by atoms with Crippen molar-refractivity contribution >= 4 is 5.91 Å². The Bertz CT molecular complexity index is 548. The second-order valence-electron chi connectivity index (χ2n) is 6.07. The monoisotopic (exact) mass is 345 g/mol. The SMILES string of the molecule is CN1CCN(C)[C@@H](CNC(=O)Cc2ccc(OC(F)(F)F)cc2)C1. The number of benzene rings is 1. The Hall–Kier alpha value is -1.80. The van der Waals surface area contributed by atoms with E-state index in [1.165, 1.54) is 24.3 Å². The number of alkyl halides is 3.